The Kier molecular flexibility index (Phi) is 17.6. The number of hydrogen-bond acceptors (Lipinski definition) is 1. The van der Waals surface area contributed by atoms with Gasteiger partial charge in [0.1, 0.15) is 5.78 Å². The molecule has 0 aliphatic rings. The summed E-state index contributed by atoms with van der Waals surface area (Å²) < 4.78 is 0. The van der Waals surface area contributed by atoms with Gasteiger partial charge in [0.25, 0.3) is 0 Å². The molecule has 0 saturated carbocycles. The fraction of sp³-hybridized carbons (Fsp3) is 0.923. The van der Waals surface area contributed by atoms with Crippen molar-refractivity contribution in [1.29, 1.82) is 0 Å². The van der Waals surface area contributed by atoms with E-state index in [0.29, 0.717) is 5.78 Å². The van der Waals surface area contributed by atoms with Crippen LogP contribution >= 0.6 is 0 Å². The minimum Gasteiger partial charge on any atom is -1.00 e. The molecule has 0 aromatic rings. The molecule has 86 valence electrons. The number of rotatable bonds is 10. The maximum atomic E-state index is 10.7. The standard InChI is InChI=1S/C13H26O.Na.H/c1-3-4-5-6-7-8-9-10-11-12-13(2)14;;/h3-12H2,1-2H3;;/q;+1;-1. The van der Waals surface area contributed by atoms with E-state index in [9.17, 15) is 4.79 Å². The first-order valence-electron chi connectivity index (χ1n) is 6.26. The molecule has 0 bridgehead atoms. The summed E-state index contributed by atoms with van der Waals surface area (Å²) in [6, 6.07) is 0. The van der Waals surface area contributed by atoms with Gasteiger partial charge in [-0.3, -0.25) is 0 Å². The molecule has 1 nitrogen and oxygen atoms in total. The van der Waals surface area contributed by atoms with Crippen LogP contribution in [0.1, 0.15) is 79.5 Å². The van der Waals surface area contributed by atoms with E-state index in [0.717, 1.165) is 12.8 Å². The van der Waals surface area contributed by atoms with Gasteiger partial charge >= 0.3 is 29.6 Å². The second kappa shape index (κ2) is 14.7. The van der Waals surface area contributed by atoms with Gasteiger partial charge in [0.2, 0.25) is 0 Å². The largest absolute Gasteiger partial charge is 1.00 e. The number of Topliss-reactive ketones (excluding diaryl/α,β-unsaturated/α-hetero) is 1. The minimum atomic E-state index is 0. The summed E-state index contributed by atoms with van der Waals surface area (Å²) in [7, 11) is 0. The van der Waals surface area contributed by atoms with Crippen molar-refractivity contribution in [3.63, 3.8) is 0 Å². The summed E-state index contributed by atoms with van der Waals surface area (Å²) in [6.45, 7) is 3.94. The Morgan fingerprint density at radius 3 is 1.67 bits per heavy atom. The summed E-state index contributed by atoms with van der Waals surface area (Å²) >= 11 is 0. The second-order valence-electron chi connectivity index (χ2n) is 4.28. The van der Waals surface area contributed by atoms with Crippen LogP contribution in [0.25, 0.3) is 0 Å². The first-order chi connectivity index (χ1) is 6.77. The Morgan fingerprint density at radius 2 is 1.27 bits per heavy atom. The van der Waals surface area contributed by atoms with Crippen LogP contribution in [0.2, 0.25) is 0 Å². The number of ketones is 1. The summed E-state index contributed by atoms with van der Waals surface area (Å²) in [5.74, 6) is 0.341. The van der Waals surface area contributed by atoms with Crippen LogP contribution in [0.5, 0.6) is 0 Å². The molecule has 0 amide bonds. The molecule has 0 atom stereocenters. The summed E-state index contributed by atoms with van der Waals surface area (Å²) in [5.41, 5.74) is 0. The third kappa shape index (κ3) is 17.3. The fourth-order valence-electron chi connectivity index (χ4n) is 1.68. The van der Waals surface area contributed by atoms with Crippen LogP contribution in [0.3, 0.4) is 0 Å². The Hall–Kier alpha value is 0.670. The molecule has 0 rings (SSSR count). The van der Waals surface area contributed by atoms with Crippen molar-refractivity contribution in [2.45, 2.75) is 78.1 Å². The molecular weight excluding hydrogens is 195 g/mol. The summed E-state index contributed by atoms with van der Waals surface area (Å²) in [4.78, 5) is 10.7. The molecule has 0 aliphatic heterocycles. The van der Waals surface area contributed by atoms with Gasteiger partial charge in [0.05, 0.1) is 0 Å². The molecule has 0 saturated heterocycles. The van der Waals surface area contributed by atoms with Crippen LogP contribution in [0.15, 0.2) is 0 Å². The summed E-state index contributed by atoms with van der Waals surface area (Å²) in [6.07, 6.45) is 12.7. The zero-order valence-electron chi connectivity index (χ0n) is 12.0. The molecule has 0 fully saturated rings. The molecule has 0 aromatic carbocycles. The number of hydrogen-bond donors (Lipinski definition) is 0. The van der Waals surface area contributed by atoms with E-state index < -0.39 is 0 Å². The molecule has 0 aromatic heterocycles. The monoisotopic (exact) mass is 222 g/mol. The molecule has 2 heteroatoms. The molecule has 0 unspecified atom stereocenters. The molecular formula is C13H27NaO. The molecule has 0 N–H and O–H groups in total. The molecule has 0 heterocycles. The topological polar surface area (TPSA) is 17.1 Å². The molecule has 0 aliphatic carbocycles. The second-order valence-corrected chi connectivity index (χ2v) is 4.28. The van der Waals surface area contributed by atoms with E-state index in [-0.39, 0.29) is 31.0 Å². The van der Waals surface area contributed by atoms with E-state index in [4.69, 9.17) is 0 Å². The normalized spacial score (nSPS) is 9.73. The minimum absolute atomic E-state index is 0. The van der Waals surface area contributed by atoms with Gasteiger partial charge in [0.15, 0.2) is 0 Å². The third-order valence-electron chi connectivity index (χ3n) is 2.63. The van der Waals surface area contributed by atoms with E-state index >= 15 is 0 Å². The molecule has 0 spiro atoms. The number of carbonyl (C=O) groups excluding carboxylic acids is 1. The Bertz CT molecular complexity index is 140. The van der Waals surface area contributed by atoms with Gasteiger partial charge in [-0.1, -0.05) is 58.3 Å². The zero-order chi connectivity index (χ0) is 10.6. The number of carbonyl (C=O) groups is 1. The van der Waals surface area contributed by atoms with Gasteiger partial charge in [-0.25, -0.2) is 0 Å². The Morgan fingerprint density at radius 1 is 0.867 bits per heavy atom. The third-order valence-corrected chi connectivity index (χ3v) is 2.63. The first kappa shape index (κ1) is 18.0. The average molecular weight is 222 g/mol. The van der Waals surface area contributed by atoms with Crippen LogP contribution in [0, 0.1) is 0 Å². The van der Waals surface area contributed by atoms with E-state index in [1.807, 2.05) is 0 Å². The van der Waals surface area contributed by atoms with Gasteiger partial charge in [-0.2, -0.15) is 0 Å². The van der Waals surface area contributed by atoms with Gasteiger partial charge < -0.3 is 6.22 Å². The van der Waals surface area contributed by atoms with Crippen LogP contribution < -0.4 is 29.6 Å². The SMILES string of the molecule is CCCCCCCCCCCC(C)=O.[H-].[Na+]. The van der Waals surface area contributed by atoms with Crippen molar-refractivity contribution < 1.29 is 35.8 Å². The smallest absolute Gasteiger partial charge is 1.00 e. The van der Waals surface area contributed by atoms with E-state index in [2.05, 4.69) is 6.92 Å². The predicted molar refractivity (Wildman–Crippen MR) is 63.6 cm³/mol. The quantitative estimate of drug-likeness (QED) is 0.405. The first-order valence-corrected chi connectivity index (χ1v) is 6.26. The van der Waals surface area contributed by atoms with Crippen molar-refractivity contribution in [2.75, 3.05) is 0 Å². The molecule has 0 radical (unpaired) electrons. The van der Waals surface area contributed by atoms with Gasteiger partial charge in [-0.05, 0) is 13.3 Å². The number of unbranched alkanes of at least 4 members (excludes halogenated alkanes) is 8. The van der Waals surface area contributed by atoms with Gasteiger partial charge in [-0.15, -0.1) is 0 Å². The maximum Gasteiger partial charge on any atom is 1.00 e. The zero-order valence-corrected chi connectivity index (χ0v) is 13.0. The van der Waals surface area contributed by atoms with Crippen molar-refractivity contribution in [2.24, 2.45) is 0 Å². The van der Waals surface area contributed by atoms with E-state index in [1.54, 1.807) is 6.92 Å². The fourth-order valence-corrected chi connectivity index (χ4v) is 1.68. The van der Waals surface area contributed by atoms with Crippen molar-refractivity contribution in [1.82, 2.24) is 0 Å². The predicted octanol–water partition coefficient (Wildman–Crippen LogP) is 1.61. The van der Waals surface area contributed by atoms with Gasteiger partial charge in [0, 0.05) is 6.42 Å². The van der Waals surface area contributed by atoms with Crippen LogP contribution in [-0.4, -0.2) is 5.78 Å². The van der Waals surface area contributed by atoms with Crippen LogP contribution in [0.4, 0.5) is 0 Å². The van der Waals surface area contributed by atoms with Crippen molar-refractivity contribution >= 4 is 5.78 Å². The van der Waals surface area contributed by atoms with E-state index in [1.165, 1.54) is 51.4 Å². The average Bonchev–Trinajstić information content (AvgIpc) is 2.15. The Labute approximate surface area is 119 Å². The van der Waals surface area contributed by atoms with Crippen molar-refractivity contribution in [3.8, 4) is 0 Å². The Balaban J connectivity index is -0.000000845. The summed E-state index contributed by atoms with van der Waals surface area (Å²) in [5, 5.41) is 0. The van der Waals surface area contributed by atoms with Crippen molar-refractivity contribution in [3.05, 3.63) is 0 Å². The molecule has 15 heavy (non-hydrogen) atoms. The maximum absolute atomic E-state index is 10.7. The van der Waals surface area contributed by atoms with Crippen LogP contribution in [-0.2, 0) is 4.79 Å².